The summed E-state index contributed by atoms with van der Waals surface area (Å²) in [4.78, 5) is 25.9. The summed E-state index contributed by atoms with van der Waals surface area (Å²) in [5.74, 6) is -0.0910. The number of aliphatic imine (C=N–C) groups is 1. The highest BCUT2D eigenvalue weighted by molar-refractivity contribution is 7.90. The number of carbonyl (C=O) groups is 2. The Morgan fingerprint density at radius 1 is 1.19 bits per heavy atom. The van der Waals surface area contributed by atoms with Gasteiger partial charge >= 0.3 is 0 Å². The molecule has 3 aromatic rings. The van der Waals surface area contributed by atoms with Crippen LogP contribution in [0.3, 0.4) is 0 Å². The highest BCUT2D eigenvalue weighted by atomic mass is 32.2. The molecule has 0 aliphatic carbocycles. The first-order valence-electron chi connectivity index (χ1n) is 10.1. The third-order valence-corrected chi connectivity index (χ3v) is 6.50. The second-order valence-electron chi connectivity index (χ2n) is 7.09. The van der Waals surface area contributed by atoms with Gasteiger partial charge in [0.1, 0.15) is 0 Å². The van der Waals surface area contributed by atoms with Gasteiger partial charge in [-0.1, -0.05) is 43.3 Å². The second-order valence-corrected chi connectivity index (χ2v) is 9.06. The fourth-order valence-electron chi connectivity index (χ4n) is 3.28. The lowest BCUT2D eigenvalue weighted by Gasteiger charge is -2.11. The smallest absolute Gasteiger partial charge is 0.238 e. The number of carbonyl (C=O) groups excluding carboxylic acids is 2. The largest absolute Gasteiger partial charge is 0.298 e. The molecular weight excluding hydrogens is 428 g/mol. The summed E-state index contributed by atoms with van der Waals surface area (Å²) in [6, 6.07) is 14.7. The standard InChI is InChI=1S/C12H13NO3S.C11H11N3O/c1-2-7-17(15,16)13-8-10(9-14)11-5-3-4-6-12(11)13;1-8(15)13-14-11-6-7-12-10-5-3-2-4-9(10)11/h3-6,8-9H,2,7H2,1H3;2-5,7H,6H2,1H3,(H,13,15). The number of aromatic nitrogens is 1. The zero-order valence-electron chi connectivity index (χ0n) is 17.9. The van der Waals surface area contributed by atoms with Crippen LogP contribution in [0.5, 0.6) is 0 Å². The number of benzene rings is 2. The number of amides is 1. The molecular formula is C23H24N4O4S. The third-order valence-electron chi connectivity index (χ3n) is 4.68. The van der Waals surface area contributed by atoms with Crippen molar-refractivity contribution < 1.29 is 18.0 Å². The Balaban J connectivity index is 0.000000182. The molecule has 0 atom stereocenters. The minimum atomic E-state index is -3.37. The number of para-hydroxylation sites is 2. The van der Waals surface area contributed by atoms with Gasteiger partial charge in [0.15, 0.2) is 6.29 Å². The van der Waals surface area contributed by atoms with E-state index in [-0.39, 0.29) is 11.7 Å². The number of fused-ring (bicyclic) bond motifs is 2. The molecule has 0 radical (unpaired) electrons. The van der Waals surface area contributed by atoms with Crippen molar-refractivity contribution in [2.75, 3.05) is 5.75 Å². The first kappa shape index (κ1) is 23.1. The van der Waals surface area contributed by atoms with Crippen LogP contribution in [0, 0.1) is 0 Å². The van der Waals surface area contributed by atoms with Gasteiger partial charge in [-0.25, -0.2) is 17.8 Å². The van der Waals surface area contributed by atoms with Crippen LogP contribution in [0.2, 0.25) is 0 Å². The average Bonchev–Trinajstić information content (AvgIpc) is 3.18. The Hall–Kier alpha value is -3.59. The summed E-state index contributed by atoms with van der Waals surface area (Å²) >= 11 is 0. The van der Waals surface area contributed by atoms with Gasteiger partial charge < -0.3 is 0 Å². The number of aldehydes is 1. The van der Waals surface area contributed by atoms with E-state index < -0.39 is 10.0 Å². The molecule has 8 nitrogen and oxygen atoms in total. The van der Waals surface area contributed by atoms with Gasteiger partial charge in [-0.2, -0.15) is 5.10 Å². The van der Waals surface area contributed by atoms with E-state index in [2.05, 4.69) is 15.5 Å². The number of hydrazone groups is 1. The Morgan fingerprint density at radius 2 is 1.91 bits per heavy atom. The van der Waals surface area contributed by atoms with Gasteiger partial charge in [0, 0.05) is 42.3 Å². The van der Waals surface area contributed by atoms with E-state index in [9.17, 15) is 18.0 Å². The lowest BCUT2D eigenvalue weighted by atomic mass is 10.0. The molecule has 2 heterocycles. The van der Waals surface area contributed by atoms with Gasteiger partial charge in [-0.15, -0.1) is 0 Å². The van der Waals surface area contributed by atoms with E-state index in [4.69, 9.17) is 0 Å². The number of rotatable bonds is 5. The molecule has 1 amide bonds. The fraction of sp³-hybridized carbons (Fsp3) is 0.217. The highest BCUT2D eigenvalue weighted by Crippen LogP contribution is 2.23. The third kappa shape index (κ3) is 5.17. The topological polar surface area (TPSA) is 110 Å². The first-order chi connectivity index (χ1) is 15.4. The summed E-state index contributed by atoms with van der Waals surface area (Å²) in [5.41, 5.74) is 6.12. The van der Waals surface area contributed by atoms with Crippen molar-refractivity contribution in [2.24, 2.45) is 10.1 Å². The van der Waals surface area contributed by atoms with Gasteiger partial charge in [0.05, 0.1) is 22.7 Å². The number of nitrogens with zero attached hydrogens (tertiary/aromatic N) is 3. The summed E-state index contributed by atoms with van der Waals surface area (Å²) in [7, 11) is -3.37. The zero-order valence-corrected chi connectivity index (χ0v) is 18.7. The lowest BCUT2D eigenvalue weighted by molar-refractivity contribution is -0.118. The maximum Gasteiger partial charge on any atom is 0.238 e. The van der Waals surface area contributed by atoms with E-state index in [1.807, 2.05) is 31.2 Å². The monoisotopic (exact) mass is 452 g/mol. The van der Waals surface area contributed by atoms with Crippen LogP contribution in [0.25, 0.3) is 10.9 Å². The molecule has 1 aromatic heterocycles. The Kier molecular flexibility index (Phi) is 7.32. The summed E-state index contributed by atoms with van der Waals surface area (Å²) in [6.07, 6.45) is 5.06. The maximum atomic E-state index is 12.0. The molecule has 1 N–H and O–H groups in total. The fourth-order valence-corrected chi connectivity index (χ4v) is 4.72. The summed E-state index contributed by atoms with van der Waals surface area (Å²) in [6.45, 7) is 3.25. The minimum absolute atomic E-state index is 0.0734. The minimum Gasteiger partial charge on any atom is -0.298 e. The molecule has 1 aliphatic rings. The van der Waals surface area contributed by atoms with Gasteiger partial charge in [-0.3, -0.25) is 14.6 Å². The predicted octanol–water partition coefficient (Wildman–Crippen LogP) is 3.67. The molecule has 0 saturated carbocycles. The molecule has 9 heteroatoms. The normalized spacial score (nSPS) is 13.9. The summed E-state index contributed by atoms with van der Waals surface area (Å²) < 4.78 is 25.2. The van der Waals surface area contributed by atoms with Crippen LogP contribution in [-0.4, -0.2) is 42.3 Å². The average molecular weight is 453 g/mol. The predicted molar refractivity (Wildman–Crippen MR) is 126 cm³/mol. The second kappa shape index (κ2) is 10.1. The van der Waals surface area contributed by atoms with Crippen molar-refractivity contribution in [3.63, 3.8) is 0 Å². The van der Waals surface area contributed by atoms with Crippen LogP contribution in [-0.2, 0) is 14.8 Å². The van der Waals surface area contributed by atoms with Crippen molar-refractivity contribution in [1.29, 1.82) is 0 Å². The zero-order chi connectivity index (χ0) is 23.1. The molecule has 0 fully saturated rings. The van der Waals surface area contributed by atoms with E-state index in [0.29, 0.717) is 35.6 Å². The molecule has 1 aliphatic heterocycles. The SMILES string of the molecule is CC(=O)NN=C1CC=Nc2ccccc21.CCCS(=O)(=O)n1cc(C=O)c2ccccc21. The van der Waals surface area contributed by atoms with E-state index in [0.717, 1.165) is 17.0 Å². The summed E-state index contributed by atoms with van der Waals surface area (Å²) in [5, 5.41) is 4.72. The molecule has 0 bridgehead atoms. The van der Waals surface area contributed by atoms with Crippen LogP contribution in [0.1, 0.15) is 42.6 Å². The first-order valence-corrected chi connectivity index (χ1v) is 11.7. The van der Waals surface area contributed by atoms with E-state index in [1.54, 1.807) is 30.5 Å². The Morgan fingerprint density at radius 3 is 2.62 bits per heavy atom. The Bertz CT molecular complexity index is 1310. The number of hydrogen-bond acceptors (Lipinski definition) is 6. The molecule has 0 saturated heterocycles. The van der Waals surface area contributed by atoms with E-state index in [1.165, 1.54) is 17.1 Å². The van der Waals surface area contributed by atoms with Crippen molar-refractivity contribution in [2.45, 2.75) is 26.7 Å². The van der Waals surface area contributed by atoms with Crippen molar-refractivity contribution >= 4 is 50.7 Å². The highest BCUT2D eigenvalue weighted by Gasteiger charge is 2.17. The van der Waals surface area contributed by atoms with Gasteiger partial charge in [0.2, 0.25) is 15.9 Å². The lowest BCUT2D eigenvalue weighted by Crippen LogP contribution is -2.17. The molecule has 166 valence electrons. The van der Waals surface area contributed by atoms with Crippen molar-refractivity contribution in [1.82, 2.24) is 9.40 Å². The molecule has 0 unspecified atom stereocenters. The Labute approximate surface area is 186 Å². The van der Waals surface area contributed by atoms with E-state index >= 15 is 0 Å². The van der Waals surface area contributed by atoms with Crippen molar-refractivity contribution in [3.8, 4) is 0 Å². The van der Waals surface area contributed by atoms with Crippen LogP contribution in [0.15, 0.2) is 64.8 Å². The molecule has 2 aromatic carbocycles. The van der Waals surface area contributed by atoms with Crippen LogP contribution < -0.4 is 5.43 Å². The van der Waals surface area contributed by atoms with Gasteiger partial charge in [-0.05, 0) is 18.6 Å². The quantitative estimate of drug-likeness (QED) is 0.470. The molecule has 4 rings (SSSR count). The van der Waals surface area contributed by atoms with Crippen LogP contribution in [0.4, 0.5) is 5.69 Å². The van der Waals surface area contributed by atoms with Crippen LogP contribution >= 0.6 is 0 Å². The van der Waals surface area contributed by atoms with Crippen molar-refractivity contribution in [3.05, 3.63) is 65.9 Å². The number of nitrogens with one attached hydrogen (secondary N) is 1. The van der Waals surface area contributed by atoms with Gasteiger partial charge in [0.25, 0.3) is 0 Å². The number of hydrogen-bond donors (Lipinski definition) is 1. The molecule has 0 spiro atoms. The molecule has 32 heavy (non-hydrogen) atoms. The maximum absolute atomic E-state index is 12.0.